The number of benzene rings is 2. The summed E-state index contributed by atoms with van der Waals surface area (Å²) < 4.78 is 7.51. The van der Waals surface area contributed by atoms with Gasteiger partial charge in [-0.1, -0.05) is 30.9 Å². The van der Waals surface area contributed by atoms with Crippen molar-refractivity contribution < 1.29 is 14.3 Å². The van der Waals surface area contributed by atoms with Gasteiger partial charge in [0, 0.05) is 11.4 Å². The minimum Gasteiger partial charge on any atom is -0.487 e. The van der Waals surface area contributed by atoms with Crippen LogP contribution in [0.2, 0.25) is 0 Å². The molecular weight excluding hydrogens is 596 g/mol. The van der Waals surface area contributed by atoms with Gasteiger partial charge in [0.05, 0.1) is 18.8 Å². The fourth-order valence-electron chi connectivity index (χ4n) is 2.99. The van der Waals surface area contributed by atoms with Crippen molar-refractivity contribution >= 4 is 62.8 Å². The summed E-state index contributed by atoms with van der Waals surface area (Å²) in [6.07, 6.45) is 1.69. The molecule has 150 valence electrons. The van der Waals surface area contributed by atoms with E-state index < -0.39 is 6.04 Å². The number of halogens is 2. The van der Waals surface area contributed by atoms with Gasteiger partial charge < -0.3 is 20.7 Å². The van der Waals surface area contributed by atoms with E-state index in [2.05, 4.69) is 67.7 Å². The van der Waals surface area contributed by atoms with Crippen LogP contribution in [0, 0.1) is 7.14 Å². The second-order valence-electron chi connectivity index (χ2n) is 6.30. The molecule has 0 bridgehead atoms. The van der Waals surface area contributed by atoms with E-state index in [1.807, 2.05) is 42.5 Å². The molecule has 1 aliphatic heterocycles. The lowest BCUT2D eigenvalue weighted by Crippen LogP contribution is -2.46. The van der Waals surface area contributed by atoms with Crippen molar-refractivity contribution in [2.24, 2.45) is 0 Å². The smallest absolute Gasteiger partial charge is 0.319 e. The number of ether oxygens (including phenoxy) is 1. The van der Waals surface area contributed by atoms with Crippen LogP contribution in [-0.2, 0) is 4.79 Å². The highest BCUT2D eigenvalue weighted by Crippen LogP contribution is 2.35. The van der Waals surface area contributed by atoms with Gasteiger partial charge in [0.15, 0.2) is 0 Å². The molecule has 1 aliphatic rings. The number of hydrogen-bond acceptors (Lipinski definition) is 3. The Labute approximate surface area is 196 Å². The predicted molar refractivity (Wildman–Crippen MR) is 130 cm³/mol. The van der Waals surface area contributed by atoms with E-state index in [4.69, 9.17) is 4.74 Å². The van der Waals surface area contributed by atoms with Crippen LogP contribution in [0.3, 0.4) is 0 Å². The van der Waals surface area contributed by atoms with Gasteiger partial charge in [0.2, 0.25) is 0 Å². The van der Waals surface area contributed by atoms with Gasteiger partial charge in [-0.3, -0.25) is 4.79 Å². The quantitative estimate of drug-likeness (QED) is 0.325. The van der Waals surface area contributed by atoms with Crippen LogP contribution in [-0.4, -0.2) is 18.5 Å². The Bertz CT molecular complexity index is 967. The van der Waals surface area contributed by atoms with Gasteiger partial charge in [0.1, 0.15) is 12.4 Å². The number of allylic oxidation sites excluding steroid dienone is 1. The van der Waals surface area contributed by atoms with E-state index in [1.54, 1.807) is 13.0 Å². The van der Waals surface area contributed by atoms with Crippen molar-refractivity contribution in [3.05, 3.63) is 79.1 Å². The zero-order chi connectivity index (χ0) is 21.0. The Balaban J connectivity index is 1.97. The van der Waals surface area contributed by atoms with Gasteiger partial charge in [-0.25, -0.2) is 4.79 Å². The molecule has 0 saturated carbocycles. The maximum atomic E-state index is 13.0. The van der Waals surface area contributed by atoms with Crippen LogP contribution >= 0.6 is 45.2 Å². The summed E-state index contributed by atoms with van der Waals surface area (Å²) >= 11 is 4.38. The number of nitrogens with one attached hydrogen (secondary N) is 3. The average Bonchev–Trinajstić information content (AvgIpc) is 2.67. The summed E-state index contributed by atoms with van der Waals surface area (Å²) in [6, 6.07) is 12.1. The van der Waals surface area contributed by atoms with E-state index >= 15 is 0 Å². The molecule has 0 fully saturated rings. The van der Waals surface area contributed by atoms with Crippen molar-refractivity contribution in [3.8, 4) is 5.75 Å². The van der Waals surface area contributed by atoms with Crippen LogP contribution in [0.25, 0.3) is 0 Å². The predicted octanol–water partition coefficient (Wildman–Crippen LogP) is 4.73. The van der Waals surface area contributed by atoms with Crippen molar-refractivity contribution in [2.45, 2.75) is 13.0 Å². The van der Waals surface area contributed by atoms with Crippen LogP contribution in [0.1, 0.15) is 18.5 Å². The maximum absolute atomic E-state index is 13.0. The Kier molecular flexibility index (Phi) is 7.17. The van der Waals surface area contributed by atoms with E-state index in [-0.39, 0.29) is 11.9 Å². The first-order chi connectivity index (χ1) is 13.9. The molecule has 2 aromatic carbocycles. The van der Waals surface area contributed by atoms with E-state index in [1.165, 1.54) is 0 Å². The standard InChI is InChI=1S/C21H19I2N3O3/c1-3-9-29-19-15(22)10-13(11-16(19)23)18-17(12(2)24-21(28)26-18)20(27)25-14-7-5-4-6-8-14/h3-8,10-11,18H,1,9H2,2H3,(H,25,27)(H2,24,26,28)/t18-/m1/s1. The van der Waals surface area contributed by atoms with Crippen molar-refractivity contribution in [1.82, 2.24) is 10.6 Å². The van der Waals surface area contributed by atoms with Crippen molar-refractivity contribution in [3.63, 3.8) is 0 Å². The number of hydrogen-bond donors (Lipinski definition) is 3. The van der Waals surface area contributed by atoms with E-state index in [0.29, 0.717) is 23.6 Å². The molecule has 2 aromatic rings. The number of carbonyl (C=O) groups excluding carboxylic acids is 2. The SMILES string of the molecule is C=CCOc1c(I)cc([C@H]2NC(=O)NC(C)=C2C(=O)Nc2ccccc2)cc1I. The summed E-state index contributed by atoms with van der Waals surface area (Å²) in [5, 5.41) is 8.46. The van der Waals surface area contributed by atoms with E-state index in [9.17, 15) is 9.59 Å². The monoisotopic (exact) mass is 615 g/mol. The molecule has 8 heteroatoms. The molecule has 3 rings (SSSR count). The fraction of sp³-hybridized carbons (Fsp3) is 0.143. The first-order valence-corrected chi connectivity index (χ1v) is 10.9. The highest BCUT2D eigenvalue weighted by molar-refractivity contribution is 14.1. The summed E-state index contributed by atoms with van der Waals surface area (Å²) in [7, 11) is 0. The van der Waals surface area contributed by atoms with Crippen LogP contribution in [0.5, 0.6) is 5.75 Å². The second-order valence-corrected chi connectivity index (χ2v) is 8.63. The van der Waals surface area contributed by atoms with Gasteiger partial charge in [0.25, 0.3) is 5.91 Å². The lowest BCUT2D eigenvalue weighted by atomic mass is 9.94. The molecule has 1 heterocycles. The normalized spacial score (nSPS) is 16.0. The second kappa shape index (κ2) is 9.61. The lowest BCUT2D eigenvalue weighted by Gasteiger charge is -2.29. The van der Waals surface area contributed by atoms with Crippen molar-refractivity contribution in [2.75, 3.05) is 11.9 Å². The highest BCUT2D eigenvalue weighted by atomic mass is 127. The maximum Gasteiger partial charge on any atom is 0.319 e. The average molecular weight is 615 g/mol. The van der Waals surface area contributed by atoms with Gasteiger partial charge >= 0.3 is 6.03 Å². The Morgan fingerprint density at radius 2 is 1.90 bits per heavy atom. The fourth-order valence-corrected chi connectivity index (χ4v) is 5.12. The van der Waals surface area contributed by atoms with Gasteiger partial charge in [-0.05, 0) is 81.9 Å². The molecule has 0 spiro atoms. The number of rotatable bonds is 6. The lowest BCUT2D eigenvalue weighted by molar-refractivity contribution is -0.113. The van der Waals surface area contributed by atoms with E-state index in [0.717, 1.165) is 18.5 Å². The first-order valence-electron chi connectivity index (χ1n) is 8.78. The summed E-state index contributed by atoms with van der Waals surface area (Å²) in [5.74, 6) is 0.481. The molecule has 0 radical (unpaired) electrons. The number of amides is 3. The van der Waals surface area contributed by atoms with Gasteiger partial charge in [-0.2, -0.15) is 0 Å². The third-order valence-corrected chi connectivity index (χ3v) is 5.85. The molecule has 1 atom stereocenters. The summed E-state index contributed by atoms with van der Waals surface area (Å²) in [5.41, 5.74) is 2.46. The first kappa shape index (κ1) is 21.6. The third kappa shape index (κ3) is 5.10. The van der Waals surface area contributed by atoms with Crippen LogP contribution in [0.15, 0.2) is 66.4 Å². The molecule has 0 saturated heterocycles. The zero-order valence-electron chi connectivity index (χ0n) is 15.6. The number of carbonyl (C=O) groups is 2. The molecule has 0 unspecified atom stereocenters. The van der Waals surface area contributed by atoms with Crippen molar-refractivity contribution in [1.29, 1.82) is 0 Å². The summed E-state index contributed by atoms with van der Waals surface area (Å²) in [4.78, 5) is 25.2. The van der Waals surface area contributed by atoms with Crippen LogP contribution < -0.4 is 20.7 Å². The third-order valence-electron chi connectivity index (χ3n) is 4.24. The molecule has 3 amide bonds. The van der Waals surface area contributed by atoms with Gasteiger partial charge in [-0.15, -0.1) is 0 Å². The minimum atomic E-state index is -0.581. The zero-order valence-corrected chi connectivity index (χ0v) is 19.9. The number of urea groups is 1. The molecule has 29 heavy (non-hydrogen) atoms. The molecule has 3 N–H and O–H groups in total. The molecule has 0 aliphatic carbocycles. The number of anilines is 1. The van der Waals surface area contributed by atoms with Crippen LogP contribution in [0.4, 0.5) is 10.5 Å². The minimum absolute atomic E-state index is 0.275. The Morgan fingerprint density at radius 3 is 2.52 bits per heavy atom. The largest absolute Gasteiger partial charge is 0.487 e. The number of para-hydroxylation sites is 1. The highest BCUT2D eigenvalue weighted by Gasteiger charge is 2.32. The molecular formula is C21H19I2N3O3. The molecule has 6 nitrogen and oxygen atoms in total. The summed E-state index contributed by atoms with van der Waals surface area (Å²) in [6.45, 7) is 5.80. The molecule has 0 aromatic heterocycles. The Hall–Kier alpha value is -2.08. The topological polar surface area (TPSA) is 79.5 Å². The Morgan fingerprint density at radius 1 is 1.24 bits per heavy atom.